The molecular formula is C20H22N2O2. The van der Waals surface area contributed by atoms with Gasteiger partial charge in [0.25, 0.3) is 0 Å². The van der Waals surface area contributed by atoms with Gasteiger partial charge in [-0.15, -0.1) is 0 Å². The van der Waals surface area contributed by atoms with Gasteiger partial charge in [0.15, 0.2) is 0 Å². The van der Waals surface area contributed by atoms with Crippen molar-refractivity contribution in [2.24, 2.45) is 0 Å². The summed E-state index contributed by atoms with van der Waals surface area (Å²) in [5.41, 5.74) is 1.88. The molecule has 24 heavy (non-hydrogen) atoms. The van der Waals surface area contributed by atoms with Crippen LogP contribution in [0.1, 0.15) is 29.9 Å². The molecular weight excluding hydrogens is 300 g/mol. The molecule has 2 heterocycles. The lowest BCUT2D eigenvalue weighted by atomic mass is 9.87. The van der Waals surface area contributed by atoms with Gasteiger partial charge in [0.2, 0.25) is 5.91 Å². The Labute approximate surface area is 142 Å². The molecule has 0 saturated carbocycles. The lowest BCUT2D eigenvalue weighted by molar-refractivity contribution is -0.122. The normalized spacial score (nSPS) is 20.6. The van der Waals surface area contributed by atoms with Crippen molar-refractivity contribution in [2.75, 3.05) is 20.1 Å². The van der Waals surface area contributed by atoms with E-state index in [2.05, 4.69) is 17.3 Å². The average molecular weight is 322 g/mol. The van der Waals surface area contributed by atoms with Crippen LogP contribution in [-0.2, 0) is 4.79 Å². The van der Waals surface area contributed by atoms with Crippen LogP contribution in [0.4, 0.5) is 0 Å². The first-order chi connectivity index (χ1) is 11.7. The van der Waals surface area contributed by atoms with Crippen LogP contribution in [0.25, 0.3) is 0 Å². The van der Waals surface area contributed by atoms with Crippen LogP contribution < -0.4 is 10.1 Å². The second-order valence-electron chi connectivity index (χ2n) is 6.72. The van der Waals surface area contributed by atoms with Crippen LogP contribution in [0.3, 0.4) is 0 Å². The number of ether oxygens (including phenoxy) is 1. The zero-order chi connectivity index (χ0) is 16.5. The largest absolute Gasteiger partial charge is 0.457 e. The zero-order valence-corrected chi connectivity index (χ0v) is 13.9. The van der Waals surface area contributed by atoms with E-state index in [4.69, 9.17) is 4.74 Å². The summed E-state index contributed by atoms with van der Waals surface area (Å²) in [6, 6.07) is 15.9. The van der Waals surface area contributed by atoms with Gasteiger partial charge < -0.3 is 15.0 Å². The highest BCUT2D eigenvalue weighted by atomic mass is 16.5. The van der Waals surface area contributed by atoms with Gasteiger partial charge in [-0.3, -0.25) is 4.79 Å². The fourth-order valence-electron chi connectivity index (χ4n) is 3.76. The third-order valence-electron chi connectivity index (χ3n) is 4.91. The van der Waals surface area contributed by atoms with E-state index in [0.717, 1.165) is 48.6 Å². The summed E-state index contributed by atoms with van der Waals surface area (Å²) in [6.07, 6.45) is 2.17. The van der Waals surface area contributed by atoms with Crippen molar-refractivity contribution in [2.45, 2.75) is 24.8 Å². The molecule has 0 aromatic heterocycles. The Morgan fingerprint density at radius 2 is 1.71 bits per heavy atom. The number of carbonyl (C=O) groups is 1. The number of benzene rings is 2. The molecule has 2 aliphatic heterocycles. The highest BCUT2D eigenvalue weighted by molar-refractivity contribution is 5.89. The van der Waals surface area contributed by atoms with Gasteiger partial charge in [-0.2, -0.15) is 0 Å². The molecule has 124 valence electrons. The van der Waals surface area contributed by atoms with Crippen LogP contribution in [0, 0.1) is 0 Å². The van der Waals surface area contributed by atoms with Crippen LogP contribution in [-0.4, -0.2) is 37.0 Å². The standard InChI is InChI=1S/C20H22N2O2/c1-22-12-6-7-14(13-22)21-20(23)19-15-8-2-4-10-17(15)24-18-11-5-3-9-16(18)19/h2-5,8-11,14,19H,6-7,12-13H2,1H3,(H,21,23)/t14-/m1/s1. The van der Waals surface area contributed by atoms with Gasteiger partial charge in [-0.1, -0.05) is 36.4 Å². The molecule has 1 fully saturated rings. The van der Waals surface area contributed by atoms with E-state index in [1.165, 1.54) is 0 Å². The first-order valence-electron chi connectivity index (χ1n) is 8.57. The van der Waals surface area contributed by atoms with Crippen LogP contribution >= 0.6 is 0 Å². The Hall–Kier alpha value is -2.33. The summed E-state index contributed by atoms with van der Waals surface area (Å²) >= 11 is 0. The lowest BCUT2D eigenvalue weighted by Crippen LogP contribution is -2.47. The first-order valence-corrected chi connectivity index (χ1v) is 8.57. The number of likely N-dealkylation sites (N-methyl/N-ethyl adjacent to an activating group) is 1. The van der Waals surface area contributed by atoms with Gasteiger partial charge in [0, 0.05) is 23.7 Å². The summed E-state index contributed by atoms with van der Waals surface area (Å²) in [5.74, 6) is 1.31. The van der Waals surface area contributed by atoms with Gasteiger partial charge in [0.1, 0.15) is 11.5 Å². The van der Waals surface area contributed by atoms with E-state index in [1.54, 1.807) is 0 Å². The van der Waals surface area contributed by atoms with E-state index in [1.807, 2.05) is 48.5 Å². The molecule has 2 aromatic carbocycles. The van der Waals surface area contributed by atoms with E-state index in [9.17, 15) is 4.79 Å². The summed E-state index contributed by atoms with van der Waals surface area (Å²) in [7, 11) is 2.11. The molecule has 4 heteroatoms. The Bertz CT molecular complexity index is 713. The van der Waals surface area contributed by atoms with Gasteiger partial charge in [-0.25, -0.2) is 0 Å². The van der Waals surface area contributed by atoms with Crippen molar-refractivity contribution in [3.05, 3.63) is 59.7 Å². The number of amides is 1. The number of nitrogens with zero attached hydrogens (tertiary/aromatic N) is 1. The maximum Gasteiger partial charge on any atom is 0.232 e. The van der Waals surface area contributed by atoms with E-state index in [0.29, 0.717) is 0 Å². The Kier molecular flexibility index (Phi) is 3.98. The minimum atomic E-state index is -0.307. The molecule has 2 aliphatic rings. The second-order valence-corrected chi connectivity index (χ2v) is 6.72. The van der Waals surface area contributed by atoms with E-state index < -0.39 is 0 Å². The number of nitrogens with one attached hydrogen (secondary N) is 1. The maximum atomic E-state index is 13.1. The van der Waals surface area contributed by atoms with E-state index in [-0.39, 0.29) is 17.9 Å². The summed E-state index contributed by atoms with van der Waals surface area (Å²) in [5, 5.41) is 3.26. The van der Waals surface area contributed by atoms with Gasteiger partial charge >= 0.3 is 0 Å². The average Bonchev–Trinajstić information content (AvgIpc) is 2.59. The molecule has 1 N–H and O–H groups in total. The Balaban J connectivity index is 1.65. The predicted octanol–water partition coefficient (Wildman–Crippen LogP) is 3.13. The molecule has 0 aliphatic carbocycles. The number of carbonyl (C=O) groups excluding carboxylic acids is 1. The highest BCUT2D eigenvalue weighted by Crippen LogP contribution is 2.43. The van der Waals surface area contributed by atoms with Crippen molar-refractivity contribution in [1.29, 1.82) is 0 Å². The highest BCUT2D eigenvalue weighted by Gasteiger charge is 2.33. The Morgan fingerprint density at radius 3 is 2.33 bits per heavy atom. The molecule has 0 spiro atoms. The number of hydrogen-bond acceptors (Lipinski definition) is 3. The minimum Gasteiger partial charge on any atom is -0.457 e. The summed E-state index contributed by atoms with van der Waals surface area (Å²) in [4.78, 5) is 15.4. The molecule has 0 radical (unpaired) electrons. The van der Waals surface area contributed by atoms with Crippen molar-refractivity contribution in [1.82, 2.24) is 10.2 Å². The monoisotopic (exact) mass is 322 g/mol. The maximum absolute atomic E-state index is 13.1. The number of fused-ring (bicyclic) bond motifs is 2. The third-order valence-corrected chi connectivity index (χ3v) is 4.91. The molecule has 2 aromatic rings. The second kappa shape index (κ2) is 6.29. The van der Waals surface area contributed by atoms with E-state index >= 15 is 0 Å². The van der Waals surface area contributed by atoms with Crippen molar-refractivity contribution >= 4 is 5.91 Å². The summed E-state index contributed by atoms with van der Waals surface area (Å²) < 4.78 is 5.98. The molecule has 1 amide bonds. The molecule has 0 unspecified atom stereocenters. The number of rotatable bonds is 2. The summed E-state index contributed by atoms with van der Waals surface area (Å²) in [6.45, 7) is 2.02. The lowest BCUT2D eigenvalue weighted by Gasteiger charge is -2.33. The smallest absolute Gasteiger partial charge is 0.232 e. The van der Waals surface area contributed by atoms with Crippen molar-refractivity contribution in [3.63, 3.8) is 0 Å². The SMILES string of the molecule is CN1CCC[C@@H](NC(=O)C2c3ccccc3Oc3ccccc32)C1. The number of para-hydroxylation sites is 2. The number of piperidine rings is 1. The quantitative estimate of drug-likeness (QED) is 0.923. The molecule has 4 nitrogen and oxygen atoms in total. The van der Waals surface area contributed by atoms with Crippen LogP contribution in [0.2, 0.25) is 0 Å². The van der Waals surface area contributed by atoms with Crippen molar-refractivity contribution in [3.8, 4) is 11.5 Å². The molecule has 1 saturated heterocycles. The third kappa shape index (κ3) is 2.78. The zero-order valence-electron chi connectivity index (χ0n) is 13.9. The Morgan fingerprint density at radius 1 is 1.08 bits per heavy atom. The van der Waals surface area contributed by atoms with Crippen LogP contribution in [0.5, 0.6) is 11.5 Å². The number of hydrogen-bond donors (Lipinski definition) is 1. The fraction of sp³-hybridized carbons (Fsp3) is 0.350. The van der Waals surface area contributed by atoms with Gasteiger partial charge in [-0.05, 0) is 38.6 Å². The topological polar surface area (TPSA) is 41.6 Å². The molecule has 4 rings (SSSR count). The molecule has 0 bridgehead atoms. The van der Waals surface area contributed by atoms with Crippen LogP contribution in [0.15, 0.2) is 48.5 Å². The number of likely N-dealkylation sites (tertiary alicyclic amines) is 1. The molecule has 1 atom stereocenters. The fourth-order valence-corrected chi connectivity index (χ4v) is 3.76. The first kappa shape index (κ1) is 15.2. The minimum absolute atomic E-state index is 0.0681. The van der Waals surface area contributed by atoms with Crippen molar-refractivity contribution < 1.29 is 9.53 Å². The predicted molar refractivity (Wildman–Crippen MR) is 93.5 cm³/mol. The van der Waals surface area contributed by atoms with Gasteiger partial charge in [0.05, 0.1) is 5.92 Å².